The van der Waals surface area contributed by atoms with Gasteiger partial charge in [0.05, 0.1) is 0 Å². The number of halogens is 2. The summed E-state index contributed by atoms with van der Waals surface area (Å²) < 4.78 is 26.5. The van der Waals surface area contributed by atoms with Gasteiger partial charge in [0.2, 0.25) is 0 Å². The van der Waals surface area contributed by atoms with Gasteiger partial charge in [-0.3, -0.25) is 0 Å². The fourth-order valence-corrected chi connectivity index (χ4v) is 1.40. The topological polar surface area (TPSA) is 24.1 Å². The van der Waals surface area contributed by atoms with Crippen molar-refractivity contribution in [3.8, 4) is 0 Å². The maximum atomic E-state index is 13.2. The molecule has 0 bridgehead atoms. The van der Waals surface area contributed by atoms with Crippen LogP contribution in [0.25, 0.3) is 0 Å². The molecule has 16 heavy (non-hydrogen) atoms. The third kappa shape index (κ3) is 3.41. The van der Waals surface area contributed by atoms with Gasteiger partial charge in [0.1, 0.15) is 17.3 Å². The van der Waals surface area contributed by atoms with Crippen LogP contribution in [0.2, 0.25) is 0 Å². The molecule has 2 nitrogen and oxygen atoms in total. The van der Waals surface area contributed by atoms with Gasteiger partial charge in [-0.05, 0) is 37.7 Å². The normalized spacial score (nSPS) is 12.0. The first-order chi connectivity index (χ1) is 7.54. The van der Waals surface area contributed by atoms with Crippen LogP contribution in [-0.4, -0.2) is 11.2 Å². The van der Waals surface area contributed by atoms with Gasteiger partial charge in [0.15, 0.2) is 5.11 Å². The minimum atomic E-state index is -0.659. The number of benzene rings is 1. The van der Waals surface area contributed by atoms with Gasteiger partial charge in [-0.2, -0.15) is 0 Å². The molecule has 1 aromatic rings. The highest BCUT2D eigenvalue weighted by Gasteiger charge is 2.10. The Labute approximate surface area is 99.0 Å². The molecule has 0 aliphatic carbocycles. The first kappa shape index (κ1) is 12.8. The summed E-state index contributed by atoms with van der Waals surface area (Å²) in [6, 6.07) is 3.82. The third-order valence-electron chi connectivity index (χ3n) is 2.19. The van der Waals surface area contributed by atoms with Crippen molar-refractivity contribution in [2.24, 2.45) is 0 Å². The third-order valence-corrected chi connectivity index (χ3v) is 2.41. The van der Waals surface area contributed by atoms with Crippen molar-refractivity contribution in [1.82, 2.24) is 5.32 Å². The predicted molar refractivity (Wildman–Crippen MR) is 65.5 cm³/mol. The smallest absolute Gasteiger partial charge is 0.171 e. The fraction of sp³-hybridized carbons (Fsp3) is 0.364. The quantitative estimate of drug-likeness (QED) is 0.799. The lowest BCUT2D eigenvalue weighted by Gasteiger charge is -2.15. The molecule has 0 heterocycles. The Morgan fingerprint density at radius 1 is 1.38 bits per heavy atom. The first-order valence-corrected chi connectivity index (χ1v) is 5.47. The Bertz CT molecular complexity index is 362. The summed E-state index contributed by atoms with van der Waals surface area (Å²) >= 11 is 4.94. The molecular formula is C11H14F2N2S. The Balaban J connectivity index is 2.70. The summed E-state index contributed by atoms with van der Waals surface area (Å²) in [4.78, 5) is 0. The van der Waals surface area contributed by atoms with Crippen molar-refractivity contribution in [3.63, 3.8) is 0 Å². The monoisotopic (exact) mass is 244 g/mol. The van der Waals surface area contributed by atoms with Gasteiger partial charge in [0, 0.05) is 6.04 Å². The van der Waals surface area contributed by atoms with Gasteiger partial charge in [-0.1, -0.05) is 13.0 Å². The van der Waals surface area contributed by atoms with Gasteiger partial charge < -0.3 is 10.6 Å². The lowest BCUT2D eigenvalue weighted by molar-refractivity contribution is 0.590. The van der Waals surface area contributed by atoms with E-state index in [4.69, 9.17) is 12.2 Å². The van der Waals surface area contributed by atoms with Crippen molar-refractivity contribution < 1.29 is 8.78 Å². The van der Waals surface area contributed by atoms with E-state index in [0.29, 0.717) is 0 Å². The predicted octanol–water partition coefficient (Wildman–Crippen LogP) is 3.05. The summed E-state index contributed by atoms with van der Waals surface area (Å²) in [6.45, 7) is 3.93. The van der Waals surface area contributed by atoms with Crippen molar-refractivity contribution in [2.75, 3.05) is 5.32 Å². The Hall–Kier alpha value is -1.23. The highest BCUT2D eigenvalue weighted by atomic mass is 32.1. The van der Waals surface area contributed by atoms with Crippen LogP contribution in [0, 0.1) is 11.6 Å². The van der Waals surface area contributed by atoms with E-state index in [9.17, 15) is 8.78 Å². The van der Waals surface area contributed by atoms with E-state index >= 15 is 0 Å². The van der Waals surface area contributed by atoms with Crippen LogP contribution >= 0.6 is 12.2 Å². The lowest BCUT2D eigenvalue weighted by Crippen LogP contribution is -2.35. The van der Waals surface area contributed by atoms with E-state index in [0.717, 1.165) is 6.42 Å². The second-order valence-corrected chi connectivity index (χ2v) is 3.91. The maximum Gasteiger partial charge on any atom is 0.171 e. The van der Waals surface area contributed by atoms with E-state index < -0.39 is 11.6 Å². The minimum Gasteiger partial charge on any atom is -0.360 e. The number of hydrogen-bond donors (Lipinski definition) is 2. The molecule has 0 saturated carbocycles. The summed E-state index contributed by atoms with van der Waals surface area (Å²) in [5.74, 6) is -1.32. The summed E-state index contributed by atoms with van der Waals surface area (Å²) in [6.07, 6.45) is 0.877. The zero-order valence-corrected chi connectivity index (χ0v) is 10.00. The van der Waals surface area contributed by atoms with Gasteiger partial charge in [-0.15, -0.1) is 0 Å². The van der Waals surface area contributed by atoms with Gasteiger partial charge in [0.25, 0.3) is 0 Å². The van der Waals surface area contributed by atoms with Crippen LogP contribution in [0.4, 0.5) is 14.5 Å². The minimum absolute atomic E-state index is 0.162. The van der Waals surface area contributed by atoms with Crippen molar-refractivity contribution in [2.45, 2.75) is 26.3 Å². The highest BCUT2D eigenvalue weighted by molar-refractivity contribution is 7.80. The van der Waals surface area contributed by atoms with E-state index in [1.165, 1.54) is 18.2 Å². The molecule has 0 spiro atoms. The van der Waals surface area contributed by atoms with Crippen molar-refractivity contribution >= 4 is 23.0 Å². The number of para-hydroxylation sites is 1. The zero-order chi connectivity index (χ0) is 12.1. The molecule has 0 amide bonds. The van der Waals surface area contributed by atoms with E-state index in [-0.39, 0.29) is 16.8 Å². The molecule has 0 radical (unpaired) electrons. The molecule has 1 atom stereocenters. The van der Waals surface area contributed by atoms with Crippen molar-refractivity contribution in [3.05, 3.63) is 29.8 Å². The standard InChI is InChI=1S/C11H14F2N2S/c1-3-7(2)14-11(16)15-10-8(12)5-4-6-9(10)13/h4-7H,3H2,1-2H3,(H2,14,15,16). The molecule has 0 aliphatic heterocycles. The van der Waals surface area contributed by atoms with Gasteiger partial charge >= 0.3 is 0 Å². The molecule has 2 N–H and O–H groups in total. The second-order valence-electron chi connectivity index (χ2n) is 3.50. The lowest BCUT2D eigenvalue weighted by atomic mass is 10.2. The van der Waals surface area contributed by atoms with Crippen LogP contribution < -0.4 is 10.6 Å². The Morgan fingerprint density at radius 3 is 2.44 bits per heavy atom. The Morgan fingerprint density at radius 2 is 1.94 bits per heavy atom. The number of hydrogen-bond acceptors (Lipinski definition) is 1. The fourth-order valence-electron chi connectivity index (χ4n) is 1.09. The molecule has 0 fully saturated rings. The average Bonchev–Trinajstić information content (AvgIpc) is 2.23. The summed E-state index contributed by atoms with van der Waals surface area (Å²) in [5.41, 5.74) is -0.219. The Kier molecular flexibility index (Phi) is 4.61. The van der Waals surface area contributed by atoms with Crippen molar-refractivity contribution in [1.29, 1.82) is 0 Å². The number of nitrogens with one attached hydrogen (secondary N) is 2. The van der Waals surface area contributed by atoms with Crippen LogP contribution in [0.3, 0.4) is 0 Å². The van der Waals surface area contributed by atoms with Crippen LogP contribution in [0.5, 0.6) is 0 Å². The summed E-state index contributed by atoms with van der Waals surface area (Å²) in [5, 5.41) is 5.65. The molecule has 0 saturated heterocycles. The maximum absolute atomic E-state index is 13.2. The second kappa shape index (κ2) is 5.75. The zero-order valence-electron chi connectivity index (χ0n) is 9.18. The number of rotatable bonds is 3. The van der Waals surface area contributed by atoms with E-state index in [1.807, 2.05) is 13.8 Å². The number of thiocarbonyl (C=S) groups is 1. The molecule has 0 aromatic heterocycles. The molecule has 1 unspecified atom stereocenters. The largest absolute Gasteiger partial charge is 0.360 e. The van der Waals surface area contributed by atoms with E-state index in [2.05, 4.69) is 10.6 Å². The van der Waals surface area contributed by atoms with Crippen LogP contribution in [0.1, 0.15) is 20.3 Å². The molecule has 1 rings (SSSR count). The van der Waals surface area contributed by atoms with Crippen LogP contribution in [0.15, 0.2) is 18.2 Å². The molecule has 1 aromatic carbocycles. The summed E-state index contributed by atoms with van der Waals surface area (Å²) in [7, 11) is 0. The highest BCUT2D eigenvalue weighted by Crippen LogP contribution is 2.17. The molecular weight excluding hydrogens is 230 g/mol. The first-order valence-electron chi connectivity index (χ1n) is 5.06. The molecule has 88 valence electrons. The number of anilines is 1. The molecule has 5 heteroatoms. The van der Waals surface area contributed by atoms with Crippen LogP contribution in [-0.2, 0) is 0 Å². The SMILES string of the molecule is CCC(C)NC(=S)Nc1c(F)cccc1F. The average molecular weight is 244 g/mol. The van der Waals surface area contributed by atoms with Gasteiger partial charge in [-0.25, -0.2) is 8.78 Å². The molecule has 0 aliphatic rings. The van der Waals surface area contributed by atoms with E-state index in [1.54, 1.807) is 0 Å².